The molecule has 0 amide bonds. The third-order valence-corrected chi connectivity index (χ3v) is 3.83. The molecule has 25 heavy (non-hydrogen) atoms. The third kappa shape index (κ3) is 5.28. The van der Waals surface area contributed by atoms with Crippen LogP contribution in [0.1, 0.15) is 18.6 Å². The van der Waals surface area contributed by atoms with Crippen molar-refractivity contribution in [1.29, 1.82) is 0 Å². The second kappa shape index (κ2) is 9.54. The fourth-order valence-electron chi connectivity index (χ4n) is 2.67. The van der Waals surface area contributed by atoms with Crippen LogP contribution >= 0.6 is 24.0 Å². The third-order valence-electron chi connectivity index (χ3n) is 3.83. The van der Waals surface area contributed by atoms with Crippen LogP contribution in [0.15, 0.2) is 33.9 Å². The van der Waals surface area contributed by atoms with Crippen molar-refractivity contribution in [3.63, 3.8) is 0 Å². The number of guanidine groups is 1. The number of hydrogen-bond donors (Lipinski definition) is 1. The summed E-state index contributed by atoms with van der Waals surface area (Å²) in [7, 11) is 0. The monoisotopic (exact) mass is 457 g/mol. The highest BCUT2D eigenvalue weighted by molar-refractivity contribution is 14.0. The van der Waals surface area contributed by atoms with Crippen LogP contribution in [-0.2, 0) is 6.54 Å². The number of pyridine rings is 1. The van der Waals surface area contributed by atoms with Gasteiger partial charge in [-0.1, -0.05) is 11.2 Å². The first-order chi connectivity index (χ1) is 11.8. The lowest BCUT2D eigenvalue weighted by atomic mass is 10.3. The van der Waals surface area contributed by atoms with E-state index in [4.69, 9.17) is 4.52 Å². The maximum atomic E-state index is 4.99. The van der Waals surface area contributed by atoms with Gasteiger partial charge in [-0.25, -0.2) is 9.98 Å². The van der Waals surface area contributed by atoms with Gasteiger partial charge in [-0.3, -0.25) is 0 Å². The van der Waals surface area contributed by atoms with Gasteiger partial charge in [-0.05, 0) is 19.1 Å². The minimum Gasteiger partial charge on any atom is -0.357 e. The van der Waals surface area contributed by atoms with E-state index in [1.54, 1.807) is 6.92 Å². The van der Waals surface area contributed by atoms with Gasteiger partial charge in [0, 0.05) is 45.8 Å². The number of nitrogens with zero attached hydrogens (tertiary/aromatic N) is 6. The minimum absolute atomic E-state index is 0. The molecule has 1 aliphatic rings. The van der Waals surface area contributed by atoms with Gasteiger partial charge >= 0.3 is 0 Å². The molecule has 0 saturated carbocycles. The first-order valence-corrected chi connectivity index (χ1v) is 8.24. The molecule has 136 valence electrons. The van der Waals surface area contributed by atoms with Crippen molar-refractivity contribution in [2.24, 2.45) is 4.99 Å². The summed E-state index contributed by atoms with van der Waals surface area (Å²) in [4.78, 5) is 17.8. The molecular formula is C16H24IN7O. The molecule has 1 fully saturated rings. The maximum absolute atomic E-state index is 4.99. The van der Waals surface area contributed by atoms with Gasteiger partial charge < -0.3 is 19.6 Å². The molecule has 0 aromatic carbocycles. The lowest BCUT2D eigenvalue weighted by Crippen LogP contribution is -2.52. The Bertz CT molecular complexity index is 668. The zero-order chi connectivity index (χ0) is 16.8. The van der Waals surface area contributed by atoms with E-state index in [2.05, 4.69) is 42.2 Å². The fraction of sp³-hybridized carbons (Fsp3) is 0.500. The second-order valence-electron chi connectivity index (χ2n) is 5.56. The summed E-state index contributed by atoms with van der Waals surface area (Å²) in [6.45, 7) is 8.72. The van der Waals surface area contributed by atoms with E-state index >= 15 is 0 Å². The average Bonchev–Trinajstić information content (AvgIpc) is 3.05. The van der Waals surface area contributed by atoms with Crippen molar-refractivity contribution in [1.82, 2.24) is 25.3 Å². The molecule has 1 aliphatic heterocycles. The number of piperazine rings is 1. The van der Waals surface area contributed by atoms with Crippen LogP contribution in [0, 0.1) is 6.92 Å². The van der Waals surface area contributed by atoms with Crippen LogP contribution in [0.2, 0.25) is 0 Å². The maximum Gasteiger partial charge on any atom is 0.223 e. The highest BCUT2D eigenvalue weighted by Gasteiger charge is 2.20. The summed E-state index contributed by atoms with van der Waals surface area (Å²) < 4.78 is 4.99. The molecule has 0 radical (unpaired) electrons. The summed E-state index contributed by atoms with van der Waals surface area (Å²) >= 11 is 0. The predicted molar refractivity (Wildman–Crippen MR) is 107 cm³/mol. The summed E-state index contributed by atoms with van der Waals surface area (Å²) in [5.74, 6) is 3.09. The van der Waals surface area contributed by atoms with Crippen molar-refractivity contribution in [2.45, 2.75) is 20.4 Å². The molecule has 1 saturated heterocycles. The summed E-state index contributed by atoms with van der Waals surface area (Å²) in [6, 6.07) is 6.01. The molecule has 0 spiro atoms. The first-order valence-electron chi connectivity index (χ1n) is 8.24. The van der Waals surface area contributed by atoms with Crippen molar-refractivity contribution in [3.8, 4) is 0 Å². The number of aromatic nitrogens is 3. The molecular weight excluding hydrogens is 433 g/mol. The molecule has 0 aliphatic carbocycles. The minimum atomic E-state index is 0. The van der Waals surface area contributed by atoms with Crippen LogP contribution in [0.3, 0.4) is 0 Å². The van der Waals surface area contributed by atoms with E-state index in [0.29, 0.717) is 18.3 Å². The SMILES string of the molecule is CCNC(=NCc1noc(C)n1)N1CCN(c2ccccn2)CC1.I. The van der Waals surface area contributed by atoms with Crippen LogP contribution in [0.4, 0.5) is 5.82 Å². The van der Waals surface area contributed by atoms with Gasteiger partial charge in [0.15, 0.2) is 11.8 Å². The van der Waals surface area contributed by atoms with Crippen molar-refractivity contribution >= 4 is 35.8 Å². The largest absolute Gasteiger partial charge is 0.357 e. The number of nitrogens with one attached hydrogen (secondary N) is 1. The molecule has 2 aromatic rings. The van der Waals surface area contributed by atoms with Gasteiger partial charge in [0.05, 0.1) is 0 Å². The van der Waals surface area contributed by atoms with Gasteiger partial charge in [0.2, 0.25) is 5.89 Å². The molecule has 8 nitrogen and oxygen atoms in total. The highest BCUT2D eigenvalue weighted by Crippen LogP contribution is 2.12. The fourth-order valence-corrected chi connectivity index (χ4v) is 2.67. The van der Waals surface area contributed by atoms with E-state index in [9.17, 15) is 0 Å². The Kier molecular flexibility index (Phi) is 7.41. The molecule has 0 bridgehead atoms. The molecule has 3 rings (SSSR count). The number of aryl methyl sites for hydroxylation is 1. The number of aliphatic imine (C=N–C) groups is 1. The van der Waals surface area contributed by atoms with Gasteiger partial charge in [0.25, 0.3) is 0 Å². The van der Waals surface area contributed by atoms with E-state index in [-0.39, 0.29) is 24.0 Å². The second-order valence-corrected chi connectivity index (χ2v) is 5.56. The molecule has 2 aromatic heterocycles. The Hall–Kier alpha value is -1.91. The van der Waals surface area contributed by atoms with Gasteiger partial charge in [-0.15, -0.1) is 24.0 Å². The molecule has 1 N–H and O–H groups in total. The van der Waals surface area contributed by atoms with Crippen LogP contribution in [0.5, 0.6) is 0 Å². The topological polar surface area (TPSA) is 82.7 Å². The first kappa shape index (κ1) is 19.4. The van der Waals surface area contributed by atoms with Crippen molar-refractivity contribution < 1.29 is 4.52 Å². The lowest BCUT2D eigenvalue weighted by Gasteiger charge is -2.37. The zero-order valence-electron chi connectivity index (χ0n) is 14.6. The Morgan fingerprint density at radius 3 is 2.68 bits per heavy atom. The Morgan fingerprint density at radius 2 is 2.08 bits per heavy atom. The Morgan fingerprint density at radius 1 is 1.28 bits per heavy atom. The summed E-state index contributed by atoms with van der Waals surface area (Å²) in [5.41, 5.74) is 0. The average molecular weight is 457 g/mol. The zero-order valence-corrected chi connectivity index (χ0v) is 16.9. The quantitative estimate of drug-likeness (QED) is 0.425. The van der Waals surface area contributed by atoms with Gasteiger partial charge in [0.1, 0.15) is 12.4 Å². The van der Waals surface area contributed by atoms with Crippen LogP contribution in [-0.4, -0.2) is 58.7 Å². The van der Waals surface area contributed by atoms with Gasteiger partial charge in [-0.2, -0.15) is 4.98 Å². The van der Waals surface area contributed by atoms with Crippen LogP contribution < -0.4 is 10.2 Å². The van der Waals surface area contributed by atoms with Crippen molar-refractivity contribution in [3.05, 3.63) is 36.1 Å². The summed E-state index contributed by atoms with van der Waals surface area (Å²) in [6.07, 6.45) is 1.83. The van der Waals surface area contributed by atoms with E-state index in [0.717, 1.165) is 44.5 Å². The number of hydrogen-bond acceptors (Lipinski definition) is 6. The van der Waals surface area contributed by atoms with Crippen molar-refractivity contribution in [2.75, 3.05) is 37.6 Å². The Balaban J connectivity index is 0.00000225. The molecule has 0 unspecified atom stereocenters. The van der Waals surface area contributed by atoms with Crippen LogP contribution in [0.25, 0.3) is 0 Å². The summed E-state index contributed by atoms with van der Waals surface area (Å²) in [5, 5.41) is 7.23. The van der Waals surface area contributed by atoms with E-state index < -0.39 is 0 Å². The Labute approximate surface area is 164 Å². The molecule has 9 heteroatoms. The normalized spacial score (nSPS) is 15.0. The van der Waals surface area contributed by atoms with E-state index in [1.807, 2.05) is 24.4 Å². The molecule has 3 heterocycles. The highest BCUT2D eigenvalue weighted by atomic mass is 127. The molecule has 0 atom stereocenters. The number of anilines is 1. The predicted octanol–water partition coefficient (Wildman–Crippen LogP) is 1.68. The number of halogens is 1. The lowest BCUT2D eigenvalue weighted by molar-refractivity contribution is 0.370. The smallest absolute Gasteiger partial charge is 0.223 e. The van der Waals surface area contributed by atoms with E-state index in [1.165, 1.54) is 0 Å². The number of rotatable bonds is 4. The standard InChI is InChI=1S/C16H23N7O.HI/c1-3-17-16(19-12-14-20-13(2)24-21-14)23-10-8-22(9-11-23)15-6-4-5-7-18-15;/h4-7H,3,8-12H2,1-2H3,(H,17,19);1H.